The first kappa shape index (κ1) is 50.9. The Bertz CT molecular complexity index is 2290. The summed E-state index contributed by atoms with van der Waals surface area (Å²) in [7, 11) is -3.97. The van der Waals surface area contributed by atoms with Gasteiger partial charge in [-0.1, -0.05) is 132 Å². The lowest BCUT2D eigenvalue weighted by atomic mass is 9.79. The van der Waals surface area contributed by atoms with Gasteiger partial charge in [0.15, 0.2) is 0 Å². The van der Waals surface area contributed by atoms with Gasteiger partial charge in [0.05, 0.1) is 26.7 Å². The molecule has 0 N–H and O–H groups in total. The average Bonchev–Trinajstić information content (AvgIpc) is 3.13. The van der Waals surface area contributed by atoms with Gasteiger partial charge in [-0.15, -0.1) is 0 Å². The maximum absolute atomic E-state index is 12.0. The van der Waals surface area contributed by atoms with E-state index in [9.17, 15) is 16.8 Å². The van der Waals surface area contributed by atoms with Crippen molar-refractivity contribution >= 4 is 20.2 Å². The van der Waals surface area contributed by atoms with Crippen molar-refractivity contribution < 1.29 is 44.1 Å². The Morgan fingerprint density at radius 2 is 0.578 bits per heavy atom. The van der Waals surface area contributed by atoms with Crippen LogP contribution in [-0.2, 0) is 75.9 Å². The van der Waals surface area contributed by atoms with E-state index >= 15 is 0 Å². The number of hydrogen-bond donors (Lipinski definition) is 0. The molecule has 352 valence electrons. The lowest BCUT2D eigenvalue weighted by Gasteiger charge is -2.29. The van der Waals surface area contributed by atoms with Crippen molar-refractivity contribution in [2.45, 2.75) is 130 Å². The Hall–Kier alpha value is -4.10. The Balaban J connectivity index is 1.94. The molecule has 1 aliphatic carbocycles. The van der Waals surface area contributed by atoms with Gasteiger partial charge in [-0.05, 0) is 88.4 Å². The monoisotopic (exact) mass is 920 g/mol. The molecule has 0 aliphatic heterocycles. The molecule has 64 heavy (non-hydrogen) atoms. The Labute approximate surface area is 384 Å². The van der Waals surface area contributed by atoms with Crippen molar-refractivity contribution in [2.75, 3.05) is 53.2 Å². The van der Waals surface area contributed by atoms with Gasteiger partial charge < -0.3 is 18.9 Å². The topological polar surface area (TPSA) is 124 Å². The maximum Gasteiger partial charge on any atom is 0.264 e. The van der Waals surface area contributed by atoms with E-state index in [0.717, 1.165) is 90.8 Å². The molecule has 0 amide bonds. The van der Waals surface area contributed by atoms with E-state index in [1.807, 2.05) is 0 Å². The Kier molecular flexibility index (Phi) is 15.1. The summed E-state index contributed by atoms with van der Waals surface area (Å²) in [6.45, 7) is 26.1. The van der Waals surface area contributed by atoms with E-state index < -0.39 is 20.2 Å². The highest BCUT2D eigenvalue weighted by Gasteiger charge is 2.29. The van der Waals surface area contributed by atoms with E-state index in [0.29, 0.717) is 37.2 Å². The highest BCUT2D eigenvalue weighted by molar-refractivity contribution is 7.86. The molecule has 0 saturated heterocycles. The van der Waals surface area contributed by atoms with Crippen molar-refractivity contribution in [3.63, 3.8) is 0 Å². The number of benzene rings is 4. The first-order valence-electron chi connectivity index (χ1n) is 22.1. The number of rotatable bonds is 12. The molecule has 0 fully saturated rings. The molecule has 0 saturated carbocycles. The molecule has 0 atom stereocenters. The smallest absolute Gasteiger partial charge is 0.264 e. The second-order valence-corrected chi connectivity index (χ2v) is 24.6. The zero-order chi connectivity index (χ0) is 47.8. The second-order valence-electron chi connectivity index (χ2n) is 21.4. The number of ether oxygens (including phenoxy) is 4. The van der Waals surface area contributed by atoms with Crippen LogP contribution < -0.4 is 18.9 Å². The average molecular weight is 921 g/mol. The molecule has 1 aliphatic rings. The first-order chi connectivity index (χ1) is 29.4. The summed E-state index contributed by atoms with van der Waals surface area (Å²) in [6, 6.07) is 17.7. The van der Waals surface area contributed by atoms with Crippen LogP contribution in [0.1, 0.15) is 150 Å². The van der Waals surface area contributed by atoms with E-state index in [-0.39, 0.29) is 48.1 Å². The SMILES string of the molecule is COc1c2cc(C(C)(C)C)cc1Cc1cc(C(C)(C)C)cc(c1OCCOS(C)(=O)=O)Cc1cc(C(C)(C)C)cc(c1OC)Cc1cc(C(C)(C)C)cc(c1OCCOS(C)(=O)=O)C2. The minimum atomic E-state index is -3.69. The summed E-state index contributed by atoms with van der Waals surface area (Å²) >= 11 is 0. The zero-order valence-corrected chi connectivity index (χ0v) is 42.8. The number of methoxy groups -OCH3 is 2. The minimum Gasteiger partial charge on any atom is -0.496 e. The van der Waals surface area contributed by atoms with Crippen LogP contribution in [0.3, 0.4) is 0 Å². The van der Waals surface area contributed by atoms with Crippen LogP contribution in [-0.4, -0.2) is 70.0 Å². The molecule has 12 heteroatoms. The van der Waals surface area contributed by atoms with Crippen LogP contribution in [0.5, 0.6) is 23.0 Å². The molecule has 8 bridgehead atoms. The van der Waals surface area contributed by atoms with Gasteiger partial charge in [0.1, 0.15) is 49.4 Å². The highest BCUT2D eigenvalue weighted by atomic mass is 32.2. The summed E-state index contributed by atoms with van der Waals surface area (Å²) < 4.78 is 84.7. The van der Waals surface area contributed by atoms with Crippen LogP contribution in [0.4, 0.5) is 0 Å². The fourth-order valence-corrected chi connectivity index (χ4v) is 8.92. The summed E-state index contributed by atoms with van der Waals surface area (Å²) in [5.74, 6) is 2.81. The molecule has 0 radical (unpaired) electrons. The van der Waals surface area contributed by atoms with Gasteiger partial charge >= 0.3 is 0 Å². The van der Waals surface area contributed by atoms with Gasteiger partial charge in [0.2, 0.25) is 0 Å². The summed E-state index contributed by atoms with van der Waals surface area (Å²) in [5, 5.41) is 0. The quantitative estimate of drug-likeness (QED) is 0.0883. The van der Waals surface area contributed by atoms with Gasteiger partial charge in [0.25, 0.3) is 20.2 Å². The van der Waals surface area contributed by atoms with Crippen LogP contribution in [0.15, 0.2) is 48.5 Å². The van der Waals surface area contributed by atoms with Crippen LogP contribution in [0.2, 0.25) is 0 Å². The largest absolute Gasteiger partial charge is 0.496 e. The summed E-state index contributed by atoms with van der Waals surface area (Å²) in [5.41, 5.74) is 11.2. The van der Waals surface area contributed by atoms with Crippen LogP contribution in [0.25, 0.3) is 0 Å². The van der Waals surface area contributed by atoms with Crippen molar-refractivity contribution in [1.29, 1.82) is 0 Å². The third-order valence-corrected chi connectivity index (χ3v) is 12.8. The van der Waals surface area contributed by atoms with Crippen molar-refractivity contribution in [3.05, 3.63) is 115 Å². The predicted octanol–water partition coefficient (Wildman–Crippen LogP) is 10.3. The van der Waals surface area contributed by atoms with Gasteiger partial charge in [-0.2, -0.15) is 16.8 Å². The van der Waals surface area contributed by atoms with Crippen molar-refractivity contribution in [2.24, 2.45) is 0 Å². The zero-order valence-electron chi connectivity index (χ0n) is 41.2. The second kappa shape index (κ2) is 19.0. The molecule has 0 heterocycles. The molecule has 0 unspecified atom stereocenters. The number of hydrogen-bond acceptors (Lipinski definition) is 10. The molecule has 0 spiro atoms. The molecular weight excluding hydrogens is 849 g/mol. The lowest BCUT2D eigenvalue weighted by Crippen LogP contribution is -2.18. The fourth-order valence-electron chi connectivity index (χ4n) is 8.17. The minimum absolute atomic E-state index is 0.0134. The number of fused-ring (bicyclic) bond motifs is 8. The summed E-state index contributed by atoms with van der Waals surface area (Å²) in [6.07, 6.45) is 3.87. The predicted molar refractivity (Wildman–Crippen MR) is 257 cm³/mol. The van der Waals surface area contributed by atoms with E-state index in [4.69, 9.17) is 27.3 Å². The molecular formula is C52H72O10S2. The fraction of sp³-hybridized carbons (Fsp3) is 0.538. The lowest BCUT2D eigenvalue weighted by molar-refractivity contribution is 0.220. The van der Waals surface area contributed by atoms with Crippen LogP contribution >= 0.6 is 0 Å². The van der Waals surface area contributed by atoms with Gasteiger partial charge in [-0.3, -0.25) is 8.37 Å². The maximum atomic E-state index is 12.0. The van der Waals surface area contributed by atoms with E-state index in [1.54, 1.807) is 14.2 Å². The molecule has 10 nitrogen and oxygen atoms in total. The van der Waals surface area contributed by atoms with Crippen molar-refractivity contribution in [3.8, 4) is 23.0 Å². The van der Waals surface area contributed by atoms with Crippen LogP contribution in [0, 0.1) is 0 Å². The normalized spacial score (nSPS) is 14.0. The molecule has 0 aromatic heterocycles. The van der Waals surface area contributed by atoms with E-state index in [2.05, 4.69) is 132 Å². The third-order valence-electron chi connectivity index (χ3n) is 11.6. The van der Waals surface area contributed by atoms with E-state index in [1.165, 1.54) is 0 Å². The van der Waals surface area contributed by atoms with Gasteiger partial charge in [-0.25, -0.2) is 0 Å². The molecule has 5 rings (SSSR count). The van der Waals surface area contributed by atoms with Crippen molar-refractivity contribution in [1.82, 2.24) is 0 Å². The Morgan fingerprint density at radius 3 is 0.750 bits per heavy atom. The van der Waals surface area contributed by atoms with Gasteiger partial charge in [0, 0.05) is 25.7 Å². The molecule has 4 aromatic carbocycles. The first-order valence-corrected chi connectivity index (χ1v) is 25.7. The standard InChI is InChI=1S/C52H72O10S2/c1-49(2,3)41-25-33-21-37-29-43(51(7,8)9)31-39(47(37)59-17-19-61-63(15,53)54)23-35-27-42(50(4,5)6)28-36(46(35)58-14)24-40-32-44(52(10,11)12)30-38(22-34(26-41)45(33)57-13)48(40)60-18-20-62-64(16,55)56/h25-32H,17-24H2,1-16H3. The molecule has 4 aromatic rings. The third kappa shape index (κ3) is 13.0. The highest BCUT2D eigenvalue weighted by Crippen LogP contribution is 2.44. The summed E-state index contributed by atoms with van der Waals surface area (Å²) in [4.78, 5) is 0. The Morgan fingerprint density at radius 1 is 0.375 bits per heavy atom.